The van der Waals surface area contributed by atoms with E-state index in [4.69, 9.17) is 34.9 Å². The molecule has 0 amide bonds. The zero-order chi connectivity index (χ0) is 38.6. The van der Waals surface area contributed by atoms with Crippen molar-refractivity contribution in [1.29, 1.82) is 0 Å². The van der Waals surface area contributed by atoms with E-state index in [1.54, 1.807) is 37.4 Å². The van der Waals surface area contributed by atoms with Gasteiger partial charge in [0.1, 0.15) is 18.0 Å². The first-order chi connectivity index (χ1) is 25.1. The number of halogens is 2. The summed E-state index contributed by atoms with van der Waals surface area (Å²) in [5, 5.41) is 3.97. The highest BCUT2D eigenvalue weighted by atomic mass is 35.5. The predicted octanol–water partition coefficient (Wildman–Crippen LogP) is 6.76. The average Bonchev–Trinajstić information content (AvgIpc) is 3.12. The fourth-order valence-corrected chi connectivity index (χ4v) is 6.00. The van der Waals surface area contributed by atoms with Crippen LogP contribution >= 0.6 is 11.6 Å². The molecule has 17 heteroatoms. The van der Waals surface area contributed by atoms with Crippen LogP contribution in [0.2, 0.25) is 5.02 Å². The number of ether oxygens (including phenoxy) is 3. The van der Waals surface area contributed by atoms with Crippen molar-refractivity contribution in [2.45, 2.75) is 30.1 Å². The second-order valence-corrected chi connectivity index (χ2v) is 15.0. The van der Waals surface area contributed by atoms with Gasteiger partial charge in [-0.1, -0.05) is 47.0 Å². The lowest BCUT2D eigenvalue weighted by atomic mass is 10.2. The summed E-state index contributed by atoms with van der Waals surface area (Å²) in [5.41, 5.74) is 3.23. The first-order valence-electron chi connectivity index (χ1n) is 16.2. The van der Waals surface area contributed by atoms with Crippen LogP contribution in [0, 0.1) is 19.7 Å². The Kier molecular flexibility index (Phi) is 14.9. The number of anilines is 2. The van der Waals surface area contributed by atoms with Gasteiger partial charge in [0.2, 0.25) is 0 Å². The standard InChI is InChI=1S/C22H24ClFN4O3.2C7H8O3S/c1-29-20-13-19-16(12-21(20)31-8-2-5-28-6-9-30-10-7-28)22(26-14-25-19)27-15-3-4-18(24)17(23)11-15;2*1-6-2-4-7(5-3-6)11(8,9)10/h3-4,11-14H,2,5-10H2,1H3,(H,25,26,27);2*2-5H,1H3,(H,8,9,10). The molecule has 0 radical (unpaired) electrons. The second kappa shape index (κ2) is 19.1. The summed E-state index contributed by atoms with van der Waals surface area (Å²) < 4.78 is 89.5. The summed E-state index contributed by atoms with van der Waals surface area (Å²) in [4.78, 5) is 10.9. The molecule has 13 nitrogen and oxygen atoms in total. The Labute approximate surface area is 313 Å². The van der Waals surface area contributed by atoms with Crippen LogP contribution in [0.15, 0.2) is 95.0 Å². The fraction of sp³-hybridized carbons (Fsp3) is 0.278. The quantitative estimate of drug-likeness (QED) is 0.100. The molecule has 1 aliphatic rings. The fourth-order valence-electron chi connectivity index (χ4n) is 4.86. The molecule has 0 spiro atoms. The van der Waals surface area contributed by atoms with Gasteiger partial charge in [0, 0.05) is 36.8 Å². The number of aromatic nitrogens is 2. The summed E-state index contributed by atoms with van der Waals surface area (Å²) in [5.74, 6) is 1.31. The molecular weight excluding hydrogens is 751 g/mol. The predicted molar refractivity (Wildman–Crippen MR) is 200 cm³/mol. The molecule has 0 bridgehead atoms. The van der Waals surface area contributed by atoms with Crippen LogP contribution < -0.4 is 14.8 Å². The van der Waals surface area contributed by atoms with Crippen LogP contribution in [0.4, 0.5) is 15.9 Å². The maximum Gasteiger partial charge on any atom is 0.294 e. The lowest BCUT2D eigenvalue weighted by molar-refractivity contribution is 0.0357. The first kappa shape index (κ1) is 41.3. The van der Waals surface area contributed by atoms with Crippen LogP contribution in [0.3, 0.4) is 0 Å². The van der Waals surface area contributed by atoms with Gasteiger partial charge in [-0.2, -0.15) is 16.8 Å². The molecule has 1 fully saturated rings. The molecule has 6 rings (SSSR count). The number of nitrogens with one attached hydrogen (secondary N) is 1. The normalized spacial score (nSPS) is 13.3. The van der Waals surface area contributed by atoms with Gasteiger partial charge in [-0.3, -0.25) is 14.0 Å². The zero-order valence-corrected chi connectivity index (χ0v) is 31.6. The van der Waals surface area contributed by atoms with Gasteiger partial charge in [-0.15, -0.1) is 0 Å². The summed E-state index contributed by atoms with van der Waals surface area (Å²) >= 11 is 5.90. The van der Waals surface area contributed by atoms with Gasteiger partial charge in [0.15, 0.2) is 11.5 Å². The van der Waals surface area contributed by atoms with E-state index in [1.165, 1.54) is 42.7 Å². The van der Waals surface area contributed by atoms with Crippen LogP contribution in [-0.2, 0) is 25.0 Å². The average molecular weight is 791 g/mol. The van der Waals surface area contributed by atoms with Crippen molar-refractivity contribution >= 4 is 54.2 Å². The van der Waals surface area contributed by atoms with Crippen molar-refractivity contribution in [3.05, 3.63) is 107 Å². The first-order valence-corrected chi connectivity index (χ1v) is 19.5. The largest absolute Gasteiger partial charge is 0.493 e. The number of hydrogen-bond donors (Lipinski definition) is 3. The topological polar surface area (TPSA) is 177 Å². The van der Waals surface area contributed by atoms with E-state index < -0.39 is 26.1 Å². The van der Waals surface area contributed by atoms with E-state index in [0.717, 1.165) is 55.8 Å². The second-order valence-electron chi connectivity index (χ2n) is 11.7. The molecule has 284 valence electrons. The van der Waals surface area contributed by atoms with Crippen molar-refractivity contribution in [2.75, 3.05) is 51.9 Å². The maximum absolute atomic E-state index is 13.5. The molecule has 3 N–H and O–H groups in total. The molecule has 5 aromatic rings. The van der Waals surface area contributed by atoms with Gasteiger partial charge >= 0.3 is 0 Å². The molecular formula is C36H40ClFN4O9S2. The van der Waals surface area contributed by atoms with Crippen LogP contribution in [-0.4, -0.2) is 87.4 Å². The highest BCUT2D eigenvalue weighted by molar-refractivity contribution is 7.86. The van der Waals surface area contributed by atoms with Crippen LogP contribution in [0.5, 0.6) is 11.5 Å². The van der Waals surface area contributed by atoms with Gasteiger partial charge in [-0.25, -0.2) is 14.4 Å². The Hall–Kier alpha value is -4.42. The number of hydrogen-bond acceptors (Lipinski definition) is 11. The Morgan fingerprint density at radius 1 is 0.849 bits per heavy atom. The minimum Gasteiger partial charge on any atom is -0.493 e. The van der Waals surface area contributed by atoms with Crippen molar-refractivity contribution < 1.29 is 44.5 Å². The molecule has 1 saturated heterocycles. The molecule has 4 aromatic carbocycles. The lowest BCUT2D eigenvalue weighted by Gasteiger charge is -2.26. The Morgan fingerprint density at radius 2 is 1.43 bits per heavy atom. The molecule has 2 heterocycles. The number of rotatable bonds is 10. The van der Waals surface area contributed by atoms with Gasteiger partial charge in [0.05, 0.1) is 47.3 Å². The molecule has 0 aliphatic carbocycles. The minimum absolute atomic E-state index is 0.0364. The van der Waals surface area contributed by atoms with E-state index in [-0.39, 0.29) is 14.8 Å². The maximum atomic E-state index is 13.5. The van der Waals surface area contributed by atoms with E-state index in [9.17, 15) is 21.2 Å². The molecule has 53 heavy (non-hydrogen) atoms. The van der Waals surface area contributed by atoms with Crippen molar-refractivity contribution in [1.82, 2.24) is 14.9 Å². The lowest BCUT2D eigenvalue weighted by Crippen LogP contribution is -2.37. The van der Waals surface area contributed by atoms with E-state index in [0.29, 0.717) is 35.1 Å². The number of morpholine rings is 1. The smallest absolute Gasteiger partial charge is 0.294 e. The molecule has 1 aromatic heterocycles. The number of benzene rings is 4. The Bertz CT molecular complexity index is 2110. The van der Waals surface area contributed by atoms with E-state index in [1.807, 2.05) is 26.0 Å². The summed E-state index contributed by atoms with van der Waals surface area (Å²) in [6.07, 6.45) is 2.35. The summed E-state index contributed by atoms with van der Waals surface area (Å²) in [6.45, 7) is 8.69. The summed E-state index contributed by atoms with van der Waals surface area (Å²) in [7, 11) is -6.44. The number of aryl methyl sites for hydroxylation is 2. The molecule has 0 atom stereocenters. The summed E-state index contributed by atoms with van der Waals surface area (Å²) in [6, 6.07) is 20.1. The van der Waals surface area contributed by atoms with Crippen molar-refractivity contribution in [2.24, 2.45) is 0 Å². The van der Waals surface area contributed by atoms with Gasteiger partial charge in [-0.05, 0) is 68.8 Å². The van der Waals surface area contributed by atoms with Crippen molar-refractivity contribution in [3.63, 3.8) is 0 Å². The number of methoxy groups -OCH3 is 1. The van der Waals surface area contributed by atoms with Crippen LogP contribution in [0.25, 0.3) is 10.9 Å². The van der Waals surface area contributed by atoms with Gasteiger partial charge in [0.25, 0.3) is 20.2 Å². The van der Waals surface area contributed by atoms with E-state index in [2.05, 4.69) is 20.2 Å². The highest BCUT2D eigenvalue weighted by Gasteiger charge is 2.14. The Balaban J connectivity index is 0.000000232. The number of nitrogens with zero attached hydrogens (tertiary/aromatic N) is 3. The highest BCUT2D eigenvalue weighted by Crippen LogP contribution is 2.35. The van der Waals surface area contributed by atoms with E-state index >= 15 is 0 Å². The third kappa shape index (κ3) is 12.9. The number of fused-ring (bicyclic) bond motifs is 1. The van der Waals surface area contributed by atoms with Gasteiger partial charge < -0.3 is 19.5 Å². The third-order valence-electron chi connectivity index (χ3n) is 7.72. The molecule has 0 saturated carbocycles. The minimum atomic E-state index is -4.02. The monoisotopic (exact) mass is 790 g/mol. The SMILES string of the molecule is COc1cc2ncnc(Nc3ccc(F)c(Cl)c3)c2cc1OCCCN1CCOCC1.Cc1ccc(S(=O)(=O)O)cc1.Cc1ccc(S(=O)(=O)O)cc1. The van der Waals surface area contributed by atoms with Crippen LogP contribution in [0.1, 0.15) is 17.5 Å². The zero-order valence-electron chi connectivity index (χ0n) is 29.2. The van der Waals surface area contributed by atoms with Crippen molar-refractivity contribution in [3.8, 4) is 11.5 Å². The molecule has 0 unspecified atom stereocenters. The Morgan fingerprint density at radius 3 is 1.96 bits per heavy atom. The molecule has 1 aliphatic heterocycles. The third-order valence-corrected chi connectivity index (χ3v) is 9.75.